The lowest BCUT2D eigenvalue weighted by Gasteiger charge is -2.32. The summed E-state index contributed by atoms with van der Waals surface area (Å²) >= 11 is 0. The van der Waals surface area contributed by atoms with E-state index in [9.17, 15) is 9.59 Å². The van der Waals surface area contributed by atoms with Crippen molar-refractivity contribution in [3.63, 3.8) is 0 Å². The molecule has 35 heavy (non-hydrogen) atoms. The van der Waals surface area contributed by atoms with Crippen molar-refractivity contribution < 1.29 is 9.59 Å². The number of anilines is 1. The summed E-state index contributed by atoms with van der Waals surface area (Å²) in [5.41, 5.74) is 4.67. The summed E-state index contributed by atoms with van der Waals surface area (Å²) in [6.45, 7) is 8.01. The van der Waals surface area contributed by atoms with Gasteiger partial charge >= 0.3 is 0 Å². The number of fused-ring (bicyclic) bond motifs is 1. The van der Waals surface area contributed by atoms with Gasteiger partial charge in [0.05, 0.1) is 13.0 Å². The predicted molar refractivity (Wildman–Crippen MR) is 136 cm³/mol. The first-order valence-electron chi connectivity index (χ1n) is 12.2. The summed E-state index contributed by atoms with van der Waals surface area (Å²) in [4.78, 5) is 41.0. The highest BCUT2D eigenvalue weighted by Gasteiger charge is 2.30. The third kappa shape index (κ3) is 4.68. The Morgan fingerprint density at radius 2 is 1.71 bits per heavy atom. The van der Waals surface area contributed by atoms with E-state index in [1.807, 2.05) is 47.4 Å². The van der Waals surface area contributed by atoms with Gasteiger partial charge in [0.15, 0.2) is 5.82 Å². The molecular weight excluding hydrogens is 438 g/mol. The number of hydrogen-bond donors (Lipinski definition) is 0. The quantitative estimate of drug-likeness (QED) is 0.569. The molecule has 3 heterocycles. The maximum Gasteiger partial charge on any atom is 0.253 e. The molecule has 2 amide bonds. The van der Waals surface area contributed by atoms with Gasteiger partial charge in [-0.3, -0.25) is 14.5 Å². The fourth-order valence-electron chi connectivity index (χ4n) is 4.76. The molecule has 0 N–H and O–H groups in total. The predicted octanol–water partition coefficient (Wildman–Crippen LogP) is 3.74. The van der Waals surface area contributed by atoms with Gasteiger partial charge in [0.1, 0.15) is 5.82 Å². The van der Waals surface area contributed by atoms with E-state index < -0.39 is 0 Å². The van der Waals surface area contributed by atoms with E-state index in [0.29, 0.717) is 36.1 Å². The summed E-state index contributed by atoms with van der Waals surface area (Å²) in [6, 6.07) is 15.8. The molecule has 0 radical (unpaired) electrons. The van der Waals surface area contributed by atoms with Gasteiger partial charge in [0.25, 0.3) is 5.91 Å². The van der Waals surface area contributed by atoms with Crippen LogP contribution in [0.25, 0.3) is 11.4 Å². The maximum absolute atomic E-state index is 12.9. The van der Waals surface area contributed by atoms with Gasteiger partial charge in [-0.25, -0.2) is 9.97 Å². The second-order valence-corrected chi connectivity index (χ2v) is 9.73. The largest absolute Gasteiger partial charge is 0.336 e. The lowest BCUT2D eigenvalue weighted by atomic mass is 9.97. The fraction of sp³-hybridized carbons (Fsp3) is 0.357. The van der Waals surface area contributed by atoms with Gasteiger partial charge in [-0.2, -0.15) is 0 Å². The number of amides is 2. The molecule has 0 atom stereocenters. The van der Waals surface area contributed by atoms with Crippen molar-refractivity contribution in [2.45, 2.75) is 32.7 Å². The van der Waals surface area contributed by atoms with Crippen molar-refractivity contribution in [2.75, 3.05) is 38.1 Å². The van der Waals surface area contributed by atoms with Gasteiger partial charge in [-0.15, -0.1) is 0 Å². The van der Waals surface area contributed by atoms with Gasteiger partial charge in [-0.1, -0.05) is 50.2 Å². The Morgan fingerprint density at radius 3 is 2.43 bits per heavy atom. The highest BCUT2D eigenvalue weighted by molar-refractivity contribution is 6.00. The monoisotopic (exact) mass is 469 g/mol. The minimum atomic E-state index is 0.0150. The Hall–Kier alpha value is -3.58. The van der Waals surface area contributed by atoms with Gasteiger partial charge in [0.2, 0.25) is 5.91 Å². The lowest BCUT2D eigenvalue weighted by Crippen LogP contribution is -2.47. The van der Waals surface area contributed by atoms with Gasteiger partial charge in [0, 0.05) is 49.1 Å². The van der Waals surface area contributed by atoms with E-state index in [0.717, 1.165) is 42.9 Å². The van der Waals surface area contributed by atoms with E-state index >= 15 is 0 Å². The van der Waals surface area contributed by atoms with Crippen LogP contribution in [0.5, 0.6) is 0 Å². The third-order valence-electron chi connectivity index (χ3n) is 6.90. The van der Waals surface area contributed by atoms with Crippen LogP contribution in [0.4, 0.5) is 5.82 Å². The van der Waals surface area contributed by atoms with E-state index in [4.69, 9.17) is 4.98 Å². The number of carbonyl (C=O) groups excluding carboxylic acids is 2. The first kappa shape index (κ1) is 23.2. The normalized spacial score (nSPS) is 16.2. The number of piperazine rings is 1. The molecule has 0 spiro atoms. The zero-order valence-electron chi connectivity index (χ0n) is 20.6. The van der Waals surface area contributed by atoms with E-state index in [1.54, 1.807) is 11.1 Å². The highest BCUT2D eigenvalue weighted by Crippen LogP contribution is 2.32. The average Bonchev–Trinajstić information content (AvgIpc) is 3.18. The molecule has 2 aliphatic heterocycles. The van der Waals surface area contributed by atoms with Crippen LogP contribution in [-0.2, 0) is 17.8 Å². The minimum absolute atomic E-state index is 0.0150. The Morgan fingerprint density at radius 1 is 1.00 bits per heavy atom. The molecule has 0 aliphatic carbocycles. The molecule has 7 heteroatoms. The van der Waals surface area contributed by atoms with Crippen LogP contribution in [0.15, 0.2) is 54.7 Å². The number of aromatic nitrogens is 2. The third-order valence-corrected chi connectivity index (χ3v) is 6.90. The second-order valence-electron chi connectivity index (χ2n) is 9.73. The SMILES string of the molecule is CC(C)c1ccccc1-c1ncc2c(n1)N(Cc1ccc(C(=O)N3CCN(C)CC3)cc1)C(=O)C2. The molecule has 2 aromatic carbocycles. The minimum Gasteiger partial charge on any atom is -0.336 e. The Kier molecular flexibility index (Phi) is 6.34. The number of nitrogens with zero attached hydrogens (tertiary/aromatic N) is 5. The van der Waals surface area contributed by atoms with E-state index in [-0.39, 0.29) is 11.8 Å². The number of likely N-dealkylation sites (N-methyl/N-ethyl adjacent to an activating group) is 1. The van der Waals surface area contributed by atoms with Crippen LogP contribution in [0.2, 0.25) is 0 Å². The molecule has 1 aromatic heterocycles. The van der Waals surface area contributed by atoms with Crippen LogP contribution >= 0.6 is 0 Å². The van der Waals surface area contributed by atoms with Crippen LogP contribution in [0, 0.1) is 0 Å². The molecule has 0 saturated carbocycles. The van der Waals surface area contributed by atoms with Crippen molar-refractivity contribution in [1.82, 2.24) is 19.8 Å². The molecule has 1 saturated heterocycles. The van der Waals surface area contributed by atoms with E-state index in [1.165, 1.54) is 5.56 Å². The van der Waals surface area contributed by atoms with Crippen molar-refractivity contribution in [3.8, 4) is 11.4 Å². The first-order chi connectivity index (χ1) is 16.9. The number of hydrogen-bond acceptors (Lipinski definition) is 5. The van der Waals surface area contributed by atoms with Crippen LogP contribution in [0.3, 0.4) is 0 Å². The van der Waals surface area contributed by atoms with E-state index in [2.05, 4.69) is 36.8 Å². The number of carbonyl (C=O) groups is 2. The fourth-order valence-corrected chi connectivity index (χ4v) is 4.76. The average molecular weight is 470 g/mol. The lowest BCUT2D eigenvalue weighted by molar-refractivity contribution is -0.117. The summed E-state index contributed by atoms with van der Waals surface area (Å²) in [5.74, 6) is 1.74. The molecule has 2 aliphatic rings. The molecule has 5 rings (SSSR count). The molecule has 7 nitrogen and oxygen atoms in total. The summed E-state index contributed by atoms with van der Waals surface area (Å²) in [6.07, 6.45) is 2.09. The molecule has 1 fully saturated rings. The molecule has 3 aromatic rings. The zero-order chi connectivity index (χ0) is 24.5. The van der Waals surface area contributed by atoms with Crippen LogP contribution < -0.4 is 4.90 Å². The zero-order valence-corrected chi connectivity index (χ0v) is 20.6. The van der Waals surface area contributed by atoms with Gasteiger partial charge < -0.3 is 9.80 Å². The smallest absolute Gasteiger partial charge is 0.253 e. The maximum atomic E-state index is 12.9. The Labute approximate surface area is 206 Å². The molecule has 180 valence electrons. The Balaban J connectivity index is 1.36. The molecular formula is C28H31N5O2. The topological polar surface area (TPSA) is 69.6 Å². The van der Waals surface area contributed by atoms with Gasteiger partial charge in [-0.05, 0) is 36.2 Å². The standard InChI is InChI=1S/C28H31N5O2/c1-19(2)23-6-4-5-7-24(23)26-29-17-22-16-25(34)33(27(22)30-26)18-20-8-10-21(11-9-20)28(35)32-14-12-31(3)13-15-32/h4-11,17,19H,12-16,18H2,1-3H3. The van der Waals surface area contributed by atoms with Crippen LogP contribution in [0.1, 0.15) is 46.8 Å². The van der Waals surface area contributed by atoms with Crippen LogP contribution in [-0.4, -0.2) is 64.8 Å². The Bertz CT molecular complexity index is 1250. The van der Waals surface area contributed by atoms with Crippen molar-refractivity contribution >= 4 is 17.6 Å². The summed E-state index contributed by atoms with van der Waals surface area (Å²) in [5, 5.41) is 0. The number of benzene rings is 2. The molecule has 0 bridgehead atoms. The van der Waals surface area contributed by atoms with Crippen molar-refractivity contribution in [3.05, 3.63) is 77.0 Å². The highest BCUT2D eigenvalue weighted by atomic mass is 16.2. The second kappa shape index (κ2) is 9.58. The summed E-state index contributed by atoms with van der Waals surface area (Å²) in [7, 11) is 2.07. The van der Waals surface area contributed by atoms with Crippen molar-refractivity contribution in [1.29, 1.82) is 0 Å². The van der Waals surface area contributed by atoms with Crippen molar-refractivity contribution in [2.24, 2.45) is 0 Å². The number of rotatable bonds is 5. The first-order valence-corrected chi connectivity index (χ1v) is 12.2. The molecule has 0 unspecified atom stereocenters. The summed E-state index contributed by atoms with van der Waals surface area (Å²) < 4.78 is 0.